The Kier molecular flexibility index (Phi) is 3.85. The Bertz CT molecular complexity index is 748. The zero-order chi connectivity index (χ0) is 13.9. The molecule has 0 aliphatic rings. The van der Waals surface area contributed by atoms with E-state index in [0.29, 0.717) is 10.3 Å². The average Bonchev–Trinajstić information content (AvgIpc) is 2.47. The van der Waals surface area contributed by atoms with E-state index in [1.807, 2.05) is 18.3 Å². The Morgan fingerprint density at radius 1 is 1.10 bits per heavy atom. The summed E-state index contributed by atoms with van der Waals surface area (Å²) in [5.74, 6) is 0. The third kappa shape index (κ3) is 2.92. The molecular weight excluding hydrogens is 290 g/mol. The summed E-state index contributed by atoms with van der Waals surface area (Å²) in [5.41, 5.74) is 1.01. The van der Waals surface area contributed by atoms with Gasteiger partial charge in [0, 0.05) is 17.8 Å². The Labute approximate surface area is 126 Å². The number of pyridine rings is 1. The first kappa shape index (κ1) is 13.3. The molecule has 1 unspecified atom stereocenters. The molecule has 0 N–H and O–H groups in total. The van der Waals surface area contributed by atoms with Crippen molar-refractivity contribution in [2.75, 3.05) is 0 Å². The molecule has 1 aromatic carbocycles. The van der Waals surface area contributed by atoms with E-state index in [1.165, 1.54) is 5.39 Å². The molecule has 0 fully saturated rings. The van der Waals surface area contributed by atoms with Crippen LogP contribution in [0.15, 0.2) is 53.9 Å². The molecular formula is C15H12ClN3S. The molecule has 0 saturated carbocycles. The first-order valence-corrected chi connectivity index (χ1v) is 7.48. The van der Waals surface area contributed by atoms with Crippen molar-refractivity contribution in [1.82, 2.24) is 15.0 Å². The number of fused-ring (bicyclic) bond motifs is 1. The van der Waals surface area contributed by atoms with Gasteiger partial charge in [0.15, 0.2) is 5.16 Å². The number of hydrogen-bond donors (Lipinski definition) is 0. The monoisotopic (exact) mass is 301 g/mol. The van der Waals surface area contributed by atoms with E-state index in [9.17, 15) is 0 Å². The molecule has 3 nitrogen and oxygen atoms in total. The summed E-state index contributed by atoms with van der Waals surface area (Å²) in [6.07, 6.45) is 3.57. The molecule has 2 heterocycles. The predicted molar refractivity (Wildman–Crippen MR) is 83.1 cm³/mol. The lowest BCUT2D eigenvalue weighted by molar-refractivity contribution is 0.941. The van der Waals surface area contributed by atoms with Crippen molar-refractivity contribution >= 4 is 34.1 Å². The lowest BCUT2D eigenvalue weighted by atomic mass is 10.1. The molecule has 2 aromatic heterocycles. The van der Waals surface area contributed by atoms with Gasteiger partial charge in [-0.05, 0) is 24.4 Å². The summed E-state index contributed by atoms with van der Waals surface area (Å²) in [7, 11) is 0. The van der Waals surface area contributed by atoms with Gasteiger partial charge in [-0.1, -0.05) is 47.6 Å². The fourth-order valence-corrected chi connectivity index (χ4v) is 2.94. The summed E-state index contributed by atoms with van der Waals surface area (Å²) in [5, 5.41) is 3.63. The zero-order valence-electron chi connectivity index (χ0n) is 10.8. The summed E-state index contributed by atoms with van der Waals surface area (Å²) < 4.78 is 0. The van der Waals surface area contributed by atoms with Gasteiger partial charge in [-0.2, -0.15) is 0 Å². The van der Waals surface area contributed by atoms with Crippen LogP contribution in [-0.4, -0.2) is 15.0 Å². The number of thioether (sulfide) groups is 1. The van der Waals surface area contributed by atoms with Gasteiger partial charge in [-0.3, -0.25) is 4.98 Å². The maximum Gasteiger partial charge on any atom is 0.189 e. The molecule has 3 rings (SSSR count). The van der Waals surface area contributed by atoms with Crippen LogP contribution in [-0.2, 0) is 0 Å². The van der Waals surface area contributed by atoms with Gasteiger partial charge in [0.25, 0.3) is 0 Å². The highest BCUT2D eigenvalue weighted by Gasteiger charge is 2.11. The highest BCUT2D eigenvalue weighted by molar-refractivity contribution is 7.99. The summed E-state index contributed by atoms with van der Waals surface area (Å²) >= 11 is 7.42. The van der Waals surface area contributed by atoms with Crippen molar-refractivity contribution in [1.29, 1.82) is 0 Å². The van der Waals surface area contributed by atoms with Crippen LogP contribution in [0.4, 0.5) is 0 Å². The van der Waals surface area contributed by atoms with Gasteiger partial charge < -0.3 is 0 Å². The number of benzene rings is 1. The molecule has 5 heteroatoms. The van der Waals surface area contributed by atoms with Crippen molar-refractivity contribution in [2.45, 2.75) is 17.3 Å². The molecule has 0 bridgehead atoms. The topological polar surface area (TPSA) is 38.7 Å². The Morgan fingerprint density at radius 2 is 1.90 bits per heavy atom. The van der Waals surface area contributed by atoms with Crippen LogP contribution in [0.25, 0.3) is 10.8 Å². The minimum Gasteiger partial charge on any atom is -0.259 e. The quantitative estimate of drug-likeness (QED) is 0.405. The van der Waals surface area contributed by atoms with Crippen molar-refractivity contribution in [2.24, 2.45) is 0 Å². The van der Waals surface area contributed by atoms with E-state index >= 15 is 0 Å². The fraction of sp³-hybridized carbons (Fsp3) is 0.133. The van der Waals surface area contributed by atoms with Crippen molar-refractivity contribution in [3.05, 3.63) is 59.6 Å². The number of rotatable bonds is 3. The number of halogens is 1. The normalized spacial score (nSPS) is 12.5. The van der Waals surface area contributed by atoms with Crippen LogP contribution in [0.3, 0.4) is 0 Å². The van der Waals surface area contributed by atoms with E-state index in [1.54, 1.807) is 24.0 Å². The van der Waals surface area contributed by atoms with E-state index in [-0.39, 0.29) is 5.25 Å². The van der Waals surface area contributed by atoms with Crippen molar-refractivity contribution < 1.29 is 0 Å². The van der Waals surface area contributed by atoms with Gasteiger partial charge in [-0.25, -0.2) is 9.97 Å². The van der Waals surface area contributed by atoms with Crippen LogP contribution in [0, 0.1) is 0 Å². The highest BCUT2D eigenvalue weighted by atomic mass is 35.5. The first-order chi connectivity index (χ1) is 9.72. The van der Waals surface area contributed by atoms with Gasteiger partial charge in [0.1, 0.15) is 5.15 Å². The average molecular weight is 302 g/mol. The maximum atomic E-state index is 5.87. The second kappa shape index (κ2) is 5.77. The van der Waals surface area contributed by atoms with E-state index < -0.39 is 0 Å². The Hall–Kier alpha value is -1.65. The molecule has 3 aromatic rings. The van der Waals surface area contributed by atoms with Crippen LogP contribution in [0.1, 0.15) is 17.9 Å². The second-order valence-electron chi connectivity index (χ2n) is 4.38. The summed E-state index contributed by atoms with van der Waals surface area (Å²) in [6.45, 7) is 2.09. The van der Waals surface area contributed by atoms with Crippen LogP contribution in [0.2, 0.25) is 5.15 Å². The molecule has 0 aliphatic carbocycles. The smallest absolute Gasteiger partial charge is 0.189 e. The summed E-state index contributed by atoms with van der Waals surface area (Å²) in [4.78, 5) is 12.9. The molecule has 0 saturated heterocycles. The minimum absolute atomic E-state index is 0.165. The fourth-order valence-electron chi connectivity index (χ4n) is 1.92. The molecule has 0 amide bonds. The summed E-state index contributed by atoms with van der Waals surface area (Å²) in [6, 6.07) is 12.0. The maximum absolute atomic E-state index is 5.87. The lowest BCUT2D eigenvalue weighted by Crippen LogP contribution is -1.95. The minimum atomic E-state index is 0.165. The van der Waals surface area contributed by atoms with E-state index in [2.05, 4.69) is 40.1 Å². The molecule has 1 atom stereocenters. The molecule has 0 radical (unpaired) electrons. The highest BCUT2D eigenvalue weighted by Crippen LogP contribution is 2.32. The molecule has 0 spiro atoms. The number of aromatic nitrogens is 3. The van der Waals surface area contributed by atoms with Crippen LogP contribution >= 0.6 is 23.4 Å². The van der Waals surface area contributed by atoms with E-state index in [4.69, 9.17) is 11.6 Å². The Balaban J connectivity index is 1.86. The third-order valence-electron chi connectivity index (χ3n) is 2.95. The van der Waals surface area contributed by atoms with Gasteiger partial charge in [0.05, 0.1) is 10.9 Å². The SMILES string of the molecule is CC(Sc1nccc(Cl)n1)c1cc2ccccc2cn1. The van der Waals surface area contributed by atoms with Crippen molar-refractivity contribution in [3.8, 4) is 0 Å². The van der Waals surface area contributed by atoms with Crippen LogP contribution < -0.4 is 0 Å². The first-order valence-electron chi connectivity index (χ1n) is 6.22. The largest absolute Gasteiger partial charge is 0.259 e. The number of nitrogens with zero attached hydrogens (tertiary/aromatic N) is 3. The third-order valence-corrected chi connectivity index (χ3v) is 4.16. The van der Waals surface area contributed by atoms with E-state index in [0.717, 1.165) is 11.1 Å². The van der Waals surface area contributed by atoms with Gasteiger partial charge in [0.2, 0.25) is 0 Å². The molecule has 20 heavy (non-hydrogen) atoms. The second-order valence-corrected chi connectivity index (χ2v) is 6.07. The number of hydrogen-bond acceptors (Lipinski definition) is 4. The Morgan fingerprint density at radius 3 is 2.70 bits per heavy atom. The predicted octanol–water partition coefficient (Wildman–Crippen LogP) is 4.53. The molecule has 0 aliphatic heterocycles. The zero-order valence-corrected chi connectivity index (χ0v) is 12.4. The van der Waals surface area contributed by atoms with Crippen LogP contribution in [0.5, 0.6) is 0 Å². The van der Waals surface area contributed by atoms with Gasteiger partial charge >= 0.3 is 0 Å². The molecule has 100 valence electrons. The van der Waals surface area contributed by atoms with Gasteiger partial charge in [-0.15, -0.1) is 0 Å². The lowest BCUT2D eigenvalue weighted by Gasteiger charge is -2.10. The standard InChI is InChI=1S/C15H12ClN3S/c1-10(20-15-17-7-6-14(16)19-15)13-8-11-4-2-3-5-12(11)9-18-13/h2-10H,1H3. The van der Waals surface area contributed by atoms with Crippen molar-refractivity contribution in [3.63, 3.8) is 0 Å².